The third-order valence-electron chi connectivity index (χ3n) is 5.55. The van der Waals surface area contributed by atoms with Crippen molar-refractivity contribution in [3.05, 3.63) is 89.7 Å². The van der Waals surface area contributed by atoms with Crippen LogP contribution in [-0.4, -0.2) is 23.9 Å². The van der Waals surface area contributed by atoms with E-state index in [0.29, 0.717) is 11.3 Å². The van der Waals surface area contributed by atoms with Gasteiger partial charge in [0.1, 0.15) is 5.82 Å². The number of rotatable bonds is 7. The number of fused-ring (bicyclic) bond motifs is 1. The van der Waals surface area contributed by atoms with Gasteiger partial charge < -0.3 is 9.88 Å². The Morgan fingerprint density at radius 3 is 2.36 bits per heavy atom. The summed E-state index contributed by atoms with van der Waals surface area (Å²) in [6.07, 6.45) is 0. The number of nitrogens with zero attached hydrogens (tertiary/aromatic N) is 2. The van der Waals surface area contributed by atoms with Gasteiger partial charge >= 0.3 is 0 Å². The maximum absolute atomic E-state index is 12.8. The molecule has 8 heteroatoms. The van der Waals surface area contributed by atoms with Gasteiger partial charge in [-0.15, -0.1) is 0 Å². The number of hydrogen-bond acceptors (Lipinski definition) is 4. The highest BCUT2D eigenvalue weighted by atomic mass is 32.2. The van der Waals surface area contributed by atoms with E-state index in [0.717, 1.165) is 29.0 Å². The molecule has 1 heterocycles. The van der Waals surface area contributed by atoms with Crippen molar-refractivity contribution in [2.24, 2.45) is 0 Å². The quantitative estimate of drug-likeness (QED) is 0.418. The largest absolute Gasteiger partial charge is 0.342 e. The Hall–Kier alpha value is -3.65. The number of carbonyl (C=O) groups is 1. The first-order valence-corrected chi connectivity index (χ1v) is 12.2. The highest BCUT2D eigenvalue weighted by molar-refractivity contribution is 7.92. The molecule has 0 aliphatic rings. The van der Waals surface area contributed by atoms with Crippen LogP contribution in [-0.2, 0) is 16.6 Å². The SMILES string of the molecule is CCn1c(C(C)NC(=O)c2ccc(S(=O)(=O)Nc3ccccc3C)cc2)nc2ccccc21. The fourth-order valence-corrected chi connectivity index (χ4v) is 4.91. The maximum Gasteiger partial charge on any atom is 0.261 e. The van der Waals surface area contributed by atoms with E-state index in [4.69, 9.17) is 0 Å². The minimum atomic E-state index is -3.76. The lowest BCUT2D eigenvalue weighted by Gasteiger charge is -2.16. The van der Waals surface area contributed by atoms with Crippen molar-refractivity contribution in [2.75, 3.05) is 4.72 Å². The molecule has 170 valence electrons. The lowest BCUT2D eigenvalue weighted by Crippen LogP contribution is -2.28. The molecule has 1 atom stereocenters. The monoisotopic (exact) mass is 462 g/mol. The molecule has 0 aliphatic carbocycles. The lowest BCUT2D eigenvalue weighted by atomic mass is 10.2. The third kappa shape index (κ3) is 4.61. The van der Waals surface area contributed by atoms with Crippen LogP contribution >= 0.6 is 0 Å². The Balaban J connectivity index is 1.50. The zero-order valence-electron chi connectivity index (χ0n) is 18.7. The fourth-order valence-electron chi connectivity index (χ4n) is 3.78. The van der Waals surface area contributed by atoms with Crippen LogP contribution in [0.4, 0.5) is 5.69 Å². The molecule has 1 unspecified atom stereocenters. The van der Waals surface area contributed by atoms with Crippen molar-refractivity contribution >= 4 is 32.7 Å². The number of anilines is 1. The van der Waals surface area contributed by atoms with Gasteiger partial charge in [-0.25, -0.2) is 13.4 Å². The number of hydrogen-bond donors (Lipinski definition) is 2. The van der Waals surface area contributed by atoms with E-state index in [-0.39, 0.29) is 16.8 Å². The summed E-state index contributed by atoms with van der Waals surface area (Å²) in [7, 11) is -3.76. The number of sulfonamides is 1. The van der Waals surface area contributed by atoms with Gasteiger partial charge in [0, 0.05) is 12.1 Å². The van der Waals surface area contributed by atoms with Gasteiger partial charge in [0.15, 0.2) is 0 Å². The highest BCUT2D eigenvalue weighted by Crippen LogP contribution is 2.22. The minimum absolute atomic E-state index is 0.0862. The third-order valence-corrected chi connectivity index (χ3v) is 6.93. The standard InChI is InChI=1S/C25H26N4O3S/c1-4-29-23-12-8-7-11-22(23)27-24(29)18(3)26-25(30)19-13-15-20(16-14-19)33(31,32)28-21-10-6-5-9-17(21)2/h5-16,18,28H,4H2,1-3H3,(H,26,30). The van der Waals surface area contributed by atoms with Crippen molar-refractivity contribution in [1.82, 2.24) is 14.9 Å². The number of carbonyl (C=O) groups excluding carboxylic acids is 1. The Morgan fingerprint density at radius 1 is 1.00 bits per heavy atom. The number of nitrogens with one attached hydrogen (secondary N) is 2. The van der Waals surface area contributed by atoms with Gasteiger partial charge in [-0.05, 0) is 68.8 Å². The predicted molar refractivity (Wildman–Crippen MR) is 130 cm³/mol. The summed E-state index contributed by atoms with van der Waals surface area (Å²) in [5.74, 6) is 0.474. The summed E-state index contributed by atoms with van der Waals surface area (Å²) in [6, 6.07) is 20.6. The number of amides is 1. The van der Waals surface area contributed by atoms with Crippen molar-refractivity contribution in [1.29, 1.82) is 0 Å². The van der Waals surface area contributed by atoms with Crippen molar-refractivity contribution in [3.63, 3.8) is 0 Å². The van der Waals surface area contributed by atoms with E-state index < -0.39 is 10.0 Å². The molecular formula is C25H26N4O3S. The number of para-hydroxylation sites is 3. The molecule has 0 radical (unpaired) electrons. The number of imidazole rings is 1. The molecule has 4 aromatic rings. The maximum atomic E-state index is 12.8. The van der Waals surface area contributed by atoms with E-state index in [2.05, 4.69) is 19.6 Å². The van der Waals surface area contributed by atoms with E-state index in [1.54, 1.807) is 12.1 Å². The molecule has 0 saturated carbocycles. The summed E-state index contributed by atoms with van der Waals surface area (Å²) in [4.78, 5) is 17.6. The predicted octanol–water partition coefficient (Wildman–Crippen LogP) is 4.66. The number of aromatic nitrogens is 2. The van der Waals surface area contributed by atoms with Crippen LogP contribution in [0.2, 0.25) is 0 Å². The van der Waals surface area contributed by atoms with Gasteiger partial charge in [0.2, 0.25) is 0 Å². The summed E-state index contributed by atoms with van der Waals surface area (Å²) in [6.45, 7) is 6.49. The molecule has 0 saturated heterocycles. The fraction of sp³-hybridized carbons (Fsp3) is 0.200. The average Bonchev–Trinajstić information content (AvgIpc) is 3.19. The summed E-state index contributed by atoms with van der Waals surface area (Å²) < 4.78 is 30.1. The van der Waals surface area contributed by atoms with Gasteiger partial charge in [0.25, 0.3) is 15.9 Å². The van der Waals surface area contributed by atoms with E-state index in [9.17, 15) is 13.2 Å². The summed E-state index contributed by atoms with van der Waals surface area (Å²) in [5, 5.41) is 2.97. The molecule has 0 fully saturated rings. The first-order chi connectivity index (χ1) is 15.8. The van der Waals surface area contributed by atoms with E-state index >= 15 is 0 Å². The minimum Gasteiger partial charge on any atom is -0.342 e. The van der Waals surface area contributed by atoms with Crippen molar-refractivity contribution < 1.29 is 13.2 Å². The zero-order chi connectivity index (χ0) is 23.6. The second-order valence-electron chi connectivity index (χ2n) is 7.84. The van der Waals surface area contributed by atoms with Gasteiger partial charge in [-0.3, -0.25) is 9.52 Å². The second-order valence-corrected chi connectivity index (χ2v) is 9.53. The summed E-state index contributed by atoms with van der Waals surface area (Å²) >= 11 is 0. The molecule has 1 aromatic heterocycles. The highest BCUT2D eigenvalue weighted by Gasteiger charge is 2.20. The molecule has 33 heavy (non-hydrogen) atoms. The van der Waals surface area contributed by atoms with Crippen LogP contribution in [0.1, 0.15) is 41.6 Å². The van der Waals surface area contributed by atoms with Crippen molar-refractivity contribution in [3.8, 4) is 0 Å². The molecule has 0 spiro atoms. The molecule has 4 rings (SSSR count). The molecule has 1 amide bonds. The number of aryl methyl sites for hydroxylation is 2. The van der Waals surface area contributed by atoms with Crippen LogP contribution < -0.4 is 10.0 Å². The van der Waals surface area contributed by atoms with Crippen LogP contribution in [0.25, 0.3) is 11.0 Å². The Kier molecular flexibility index (Phi) is 6.20. The second kappa shape index (κ2) is 9.07. The molecule has 3 aromatic carbocycles. The first kappa shape index (κ1) is 22.5. The van der Waals surface area contributed by atoms with Crippen LogP contribution in [0.5, 0.6) is 0 Å². The Labute approximate surface area is 193 Å². The number of benzene rings is 3. The normalized spacial score (nSPS) is 12.5. The first-order valence-electron chi connectivity index (χ1n) is 10.7. The van der Waals surface area contributed by atoms with Crippen molar-refractivity contribution in [2.45, 2.75) is 38.3 Å². The smallest absolute Gasteiger partial charge is 0.261 e. The summed E-state index contributed by atoms with van der Waals surface area (Å²) in [5.41, 5.74) is 3.62. The topological polar surface area (TPSA) is 93.1 Å². The van der Waals surface area contributed by atoms with E-state index in [1.807, 2.05) is 57.2 Å². The Bertz CT molecular complexity index is 1410. The lowest BCUT2D eigenvalue weighted by molar-refractivity contribution is 0.0937. The van der Waals surface area contributed by atoms with Gasteiger partial charge in [0.05, 0.1) is 27.7 Å². The molecule has 2 N–H and O–H groups in total. The van der Waals surface area contributed by atoms with Crippen LogP contribution in [0.15, 0.2) is 77.7 Å². The molecule has 0 bridgehead atoms. The van der Waals surface area contributed by atoms with Gasteiger partial charge in [-0.2, -0.15) is 0 Å². The van der Waals surface area contributed by atoms with Gasteiger partial charge in [-0.1, -0.05) is 30.3 Å². The van der Waals surface area contributed by atoms with E-state index in [1.165, 1.54) is 24.3 Å². The Morgan fingerprint density at radius 2 is 1.67 bits per heavy atom. The zero-order valence-corrected chi connectivity index (χ0v) is 19.6. The molecule has 7 nitrogen and oxygen atoms in total. The molecule has 0 aliphatic heterocycles. The molecular weight excluding hydrogens is 436 g/mol. The van der Waals surface area contributed by atoms with Crippen LogP contribution in [0, 0.1) is 6.92 Å². The average molecular weight is 463 g/mol. The van der Waals surface area contributed by atoms with Crippen LogP contribution in [0.3, 0.4) is 0 Å².